The predicted octanol–water partition coefficient (Wildman–Crippen LogP) is 2.88. The number of nitrogens with one attached hydrogen (secondary N) is 1. The average Bonchev–Trinajstić information content (AvgIpc) is 2.45. The third-order valence-electron chi connectivity index (χ3n) is 3.02. The lowest BCUT2D eigenvalue weighted by atomic mass is 9.98. The minimum atomic E-state index is 0.119. The van der Waals surface area contributed by atoms with Gasteiger partial charge in [0.05, 0.1) is 6.61 Å². The van der Waals surface area contributed by atoms with E-state index in [9.17, 15) is 4.79 Å². The Balaban J connectivity index is 2.24. The standard InChI is InChI=1S/C16H17NO2/c1-12-10-13(11-19)2-7-16(12)14-3-5-15(6-4-14)17-8-9-18/h2-7,10-11,17-18H,8-9H2,1H3. The van der Waals surface area contributed by atoms with Crippen LogP contribution in [0.2, 0.25) is 0 Å². The van der Waals surface area contributed by atoms with Crippen LogP contribution in [0.15, 0.2) is 42.5 Å². The SMILES string of the molecule is Cc1cc(C=O)ccc1-c1ccc(NCCO)cc1. The Morgan fingerprint density at radius 1 is 1.16 bits per heavy atom. The van der Waals surface area contributed by atoms with Crippen LogP contribution in [0.3, 0.4) is 0 Å². The molecular weight excluding hydrogens is 238 g/mol. The molecule has 0 spiro atoms. The molecule has 0 aliphatic heterocycles. The Kier molecular flexibility index (Phi) is 4.31. The Morgan fingerprint density at radius 3 is 2.47 bits per heavy atom. The number of aliphatic hydroxyl groups excluding tert-OH is 1. The van der Waals surface area contributed by atoms with Gasteiger partial charge in [0, 0.05) is 17.8 Å². The van der Waals surface area contributed by atoms with E-state index >= 15 is 0 Å². The maximum Gasteiger partial charge on any atom is 0.150 e. The molecule has 0 heterocycles. The van der Waals surface area contributed by atoms with Crippen molar-refractivity contribution in [3.05, 3.63) is 53.6 Å². The molecule has 0 aliphatic carbocycles. The van der Waals surface area contributed by atoms with Gasteiger partial charge in [0.15, 0.2) is 0 Å². The van der Waals surface area contributed by atoms with Gasteiger partial charge < -0.3 is 10.4 Å². The minimum absolute atomic E-state index is 0.119. The highest BCUT2D eigenvalue weighted by Crippen LogP contribution is 2.25. The highest BCUT2D eigenvalue weighted by Gasteiger charge is 2.03. The normalized spacial score (nSPS) is 10.2. The molecule has 0 aliphatic rings. The third-order valence-corrected chi connectivity index (χ3v) is 3.02. The van der Waals surface area contributed by atoms with E-state index in [2.05, 4.69) is 5.32 Å². The van der Waals surface area contributed by atoms with Crippen LogP contribution in [0.5, 0.6) is 0 Å². The summed E-state index contributed by atoms with van der Waals surface area (Å²) in [6.45, 7) is 2.67. The van der Waals surface area contributed by atoms with Gasteiger partial charge in [-0.1, -0.05) is 24.3 Å². The second-order valence-corrected chi connectivity index (χ2v) is 4.42. The van der Waals surface area contributed by atoms with Crippen LogP contribution in [0, 0.1) is 6.92 Å². The smallest absolute Gasteiger partial charge is 0.150 e. The first-order valence-electron chi connectivity index (χ1n) is 6.25. The van der Waals surface area contributed by atoms with Crippen molar-refractivity contribution in [3.63, 3.8) is 0 Å². The molecule has 0 saturated heterocycles. The van der Waals surface area contributed by atoms with Crippen LogP contribution in [0.1, 0.15) is 15.9 Å². The summed E-state index contributed by atoms with van der Waals surface area (Å²) < 4.78 is 0. The lowest BCUT2D eigenvalue weighted by Gasteiger charge is -2.09. The number of rotatable bonds is 5. The Hall–Kier alpha value is -2.13. The van der Waals surface area contributed by atoms with Crippen molar-refractivity contribution < 1.29 is 9.90 Å². The van der Waals surface area contributed by atoms with Crippen molar-refractivity contribution in [3.8, 4) is 11.1 Å². The molecule has 0 atom stereocenters. The van der Waals surface area contributed by atoms with Crippen LogP contribution in [0.25, 0.3) is 11.1 Å². The highest BCUT2D eigenvalue weighted by molar-refractivity contribution is 5.78. The van der Waals surface area contributed by atoms with Crippen LogP contribution in [0.4, 0.5) is 5.69 Å². The van der Waals surface area contributed by atoms with Crippen LogP contribution < -0.4 is 5.32 Å². The van der Waals surface area contributed by atoms with E-state index < -0.39 is 0 Å². The second-order valence-electron chi connectivity index (χ2n) is 4.42. The minimum Gasteiger partial charge on any atom is -0.395 e. The van der Waals surface area contributed by atoms with Gasteiger partial charge in [0.1, 0.15) is 6.29 Å². The summed E-state index contributed by atoms with van der Waals surface area (Å²) in [5.74, 6) is 0. The van der Waals surface area contributed by atoms with Crippen molar-refractivity contribution >= 4 is 12.0 Å². The third kappa shape index (κ3) is 3.20. The van der Waals surface area contributed by atoms with E-state index in [1.54, 1.807) is 0 Å². The van der Waals surface area contributed by atoms with E-state index in [1.807, 2.05) is 49.4 Å². The first kappa shape index (κ1) is 13.3. The average molecular weight is 255 g/mol. The van der Waals surface area contributed by atoms with Gasteiger partial charge in [-0.25, -0.2) is 0 Å². The number of aliphatic hydroxyl groups is 1. The lowest BCUT2D eigenvalue weighted by Crippen LogP contribution is -2.04. The Bertz CT molecular complexity index is 561. The van der Waals surface area contributed by atoms with Crippen LogP contribution in [-0.4, -0.2) is 24.5 Å². The van der Waals surface area contributed by atoms with E-state index in [0.29, 0.717) is 12.1 Å². The molecule has 2 aromatic carbocycles. The van der Waals surface area contributed by atoms with Crippen molar-refractivity contribution in [2.45, 2.75) is 6.92 Å². The lowest BCUT2D eigenvalue weighted by molar-refractivity contribution is 0.112. The predicted molar refractivity (Wildman–Crippen MR) is 77.6 cm³/mol. The molecule has 0 saturated carbocycles. The van der Waals surface area contributed by atoms with Crippen molar-refractivity contribution in [1.29, 1.82) is 0 Å². The Morgan fingerprint density at radius 2 is 1.89 bits per heavy atom. The molecule has 0 bridgehead atoms. The van der Waals surface area contributed by atoms with Crippen molar-refractivity contribution in [2.24, 2.45) is 0 Å². The number of anilines is 1. The molecule has 3 nitrogen and oxygen atoms in total. The Labute approximate surface area is 112 Å². The number of hydrogen-bond donors (Lipinski definition) is 2. The molecule has 0 fully saturated rings. The van der Waals surface area contributed by atoms with Gasteiger partial charge in [-0.3, -0.25) is 4.79 Å². The quantitative estimate of drug-likeness (QED) is 0.808. The summed E-state index contributed by atoms with van der Waals surface area (Å²) in [6, 6.07) is 13.7. The van der Waals surface area contributed by atoms with Crippen molar-refractivity contribution in [2.75, 3.05) is 18.5 Å². The highest BCUT2D eigenvalue weighted by atomic mass is 16.3. The maximum atomic E-state index is 10.7. The summed E-state index contributed by atoms with van der Waals surface area (Å²) in [7, 11) is 0. The molecule has 2 N–H and O–H groups in total. The molecule has 0 radical (unpaired) electrons. The largest absolute Gasteiger partial charge is 0.395 e. The summed E-state index contributed by atoms with van der Waals surface area (Å²) in [4.78, 5) is 10.7. The van der Waals surface area contributed by atoms with Gasteiger partial charge in [0.2, 0.25) is 0 Å². The first-order chi connectivity index (χ1) is 9.24. The molecule has 19 heavy (non-hydrogen) atoms. The van der Waals surface area contributed by atoms with Gasteiger partial charge >= 0.3 is 0 Å². The fraction of sp³-hybridized carbons (Fsp3) is 0.188. The van der Waals surface area contributed by atoms with Crippen LogP contribution >= 0.6 is 0 Å². The van der Waals surface area contributed by atoms with Gasteiger partial charge in [-0.2, -0.15) is 0 Å². The second kappa shape index (κ2) is 6.16. The van der Waals surface area contributed by atoms with Gasteiger partial charge in [-0.05, 0) is 41.8 Å². The van der Waals surface area contributed by atoms with Gasteiger partial charge in [0.25, 0.3) is 0 Å². The molecule has 2 aromatic rings. The van der Waals surface area contributed by atoms with Crippen molar-refractivity contribution in [1.82, 2.24) is 0 Å². The van der Waals surface area contributed by atoms with E-state index in [4.69, 9.17) is 5.11 Å². The molecule has 0 unspecified atom stereocenters. The number of aldehydes is 1. The maximum absolute atomic E-state index is 10.7. The molecular formula is C16H17NO2. The number of hydrogen-bond acceptors (Lipinski definition) is 3. The number of carbonyl (C=O) groups is 1. The molecule has 0 aromatic heterocycles. The fourth-order valence-electron chi connectivity index (χ4n) is 2.05. The molecule has 2 rings (SSSR count). The summed E-state index contributed by atoms with van der Waals surface area (Å²) in [6.07, 6.45) is 0.860. The number of carbonyl (C=O) groups excluding carboxylic acids is 1. The zero-order valence-corrected chi connectivity index (χ0v) is 10.9. The zero-order valence-electron chi connectivity index (χ0n) is 10.9. The molecule has 0 amide bonds. The summed E-state index contributed by atoms with van der Waals surface area (Å²) >= 11 is 0. The van der Waals surface area contributed by atoms with Gasteiger partial charge in [-0.15, -0.1) is 0 Å². The van der Waals surface area contributed by atoms with E-state index in [1.165, 1.54) is 0 Å². The summed E-state index contributed by atoms with van der Waals surface area (Å²) in [5, 5.41) is 11.9. The molecule has 98 valence electrons. The first-order valence-corrected chi connectivity index (χ1v) is 6.25. The number of benzene rings is 2. The zero-order chi connectivity index (χ0) is 13.7. The number of aryl methyl sites for hydroxylation is 1. The topological polar surface area (TPSA) is 49.3 Å². The molecule has 3 heteroatoms. The monoisotopic (exact) mass is 255 g/mol. The van der Waals surface area contributed by atoms with E-state index in [-0.39, 0.29) is 6.61 Å². The fourth-order valence-corrected chi connectivity index (χ4v) is 2.05. The van der Waals surface area contributed by atoms with E-state index in [0.717, 1.165) is 28.7 Å². The van der Waals surface area contributed by atoms with Crippen LogP contribution in [-0.2, 0) is 0 Å². The summed E-state index contributed by atoms with van der Waals surface area (Å²) in [5.41, 5.74) is 5.01.